The number of hydrogen-bond donors (Lipinski definition) is 1. The molecule has 1 heterocycles. The number of aryl methyl sites for hydroxylation is 1. The zero-order valence-electron chi connectivity index (χ0n) is 13.3. The number of benzene rings is 3. The summed E-state index contributed by atoms with van der Waals surface area (Å²) in [6, 6.07) is 23.5. The zero-order valence-corrected chi connectivity index (χ0v) is 13.3. The summed E-state index contributed by atoms with van der Waals surface area (Å²) < 4.78 is 0. The van der Waals surface area contributed by atoms with Crippen LogP contribution in [0, 0.1) is 6.92 Å². The van der Waals surface area contributed by atoms with E-state index in [0.717, 1.165) is 33.1 Å². The Morgan fingerprint density at radius 2 is 1.71 bits per heavy atom. The molecule has 116 valence electrons. The van der Waals surface area contributed by atoms with Gasteiger partial charge in [-0.05, 0) is 54.1 Å². The van der Waals surface area contributed by atoms with Gasteiger partial charge < -0.3 is 5.32 Å². The molecular formula is C21H16N2O. The standard InChI is InChI=1S/C21H16N2O/c1-14-9-12-18-19(22-14)7-4-8-20(18)23-21(24)17-11-10-15-5-2-3-6-16(15)13-17/h2-13H,1H3,(H,23,24). The molecule has 0 fully saturated rings. The van der Waals surface area contributed by atoms with Gasteiger partial charge in [0.1, 0.15) is 0 Å². The van der Waals surface area contributed by atoms with E-state index in [4.69, 9.17) is 0 Å². The van der Waals surface area contributed by atoms with Crippen LogP contribution >= 0.6 is 0 Å². The molecule has 0 radical (unpaired) electrons. The van der Waals surface area contributed by atoms with E-state index >= 15 is 0 Å². The van der Waals surface area contributed by atoms with Crippen molar-refractivity contribution < 1.29 is 4.79 Å². The average Bonchev–Trinajstić information content (AvgIpc) is 2.61. The number of hydrogen-bond acceptors (Lipinski definition) is 2. The van der Waals surface area contributed by atoms with Crippen LogP contribution in [-0.2, 0) is 0 Å². The van der Waals surface area contributed by atoms with Gasteiger partial charge in [0.05, 0.1) is 11.2 Å². The first-order valence-corrected chi connectivity index (χ1v) is 7.87. The molecule has 0 bridgehead atoms. The molecule has 0 saturated heterocycles. The van der Waals surface area contributed by atoms with Crippen LogP contribution < -0.4 is 5.32 Å². The lowest BCUT2D eigenvalue weighted by Gasteiger charge is -2.09. The summed E-state index contributed by atoms with van der Waals surface area (Å²) in [5.74, 6) is -0.117. The van der Waals surface area contributed by atoms with E-state index in [9.17, 15) is 4.79 Å². The third-order valence-corrected chi connectivity index (χ3v) is 4.13. The van der Waals surface area contributed by atoms with Gasteiger partial charge in [-0.15, -0.1) is 0 Å². The van der Waals surface area contributed by atoms with Crippen molar-refractivity contribution >= 4 is 33.3 Å². The first kappa shape index (κ1) is 14.4. The Labute approximate surface area is 140 Å². The summed E-state index contributed by atoms with van der Waals surface area (Å²) >= 11 is 0. The second-order valence-corrected chi connectivity index (χ2v) is 5.84. The van der Waals surface area contributed by atoms with Crippen LogP contribution in [0.25, 0.3) is 21.7 Å². The molecule has 3 heteroatoms. The summed E-state index contributed by atoms with van der Waals surface area (Å²) in [4.78, 5) is 17.1. The number of rotatable bonds is 2. The Bertz CT molecular complexity index is 1070. The van der Waals surface area contributed by atoms with Crippen molar-refractivity contribution in [3.8, 4) is 0 Å². The fourth-order valence-electron chi connectivity index (χ4n) is 2.89. The Balaban J connectivity index is 1.70. The maximum atomic E-state index is 12.6. The Morgan fingerprint density at radius 1 is 0.875 bits per heavy atom. The van der Waals surface area contributed by atoms with Gasteiger partial charge in [0.25, 0.3) is 5.91 Å². The molecule has 3 aromatic carbocycles. The lowest BCUT2D eigenvalue weighted by atomic mass is 10.1. The second-order valence-electron chi connectivity index (χ2n) is 5.84. The molecule has 0 spiro atoms. The first-order chi connectivity index (χ1) is 11.7. The summed E-state index contributed by atoms with van der Waals surface area (Å²) in [6.45, 7) is 1.96. The number of nitrogens with one attached hydrogen (secondary N) is 1. The van der Waals surface area contributed by atoms with Crippen molar-refractivity contribution in [1.29, 1.82) is 0 Å². The van der Waals surface area contributed by atoms with Crippen LogP contribution in [0.5, 0.6) is 0 Å². The summed E-state index contributed by atoms with van der Waals surface area (Å²) in [5, 5.41) is 6.13. The molecule has 1 N–H and O–H groups in total. The van der Waals surface area contributed by atoms with E-state index in [1.54, 1.807) is 0 Å². The molecule has 1 amide bonds. The van der Waals surface area contributed by atoms with Gasteiger partial charge in [-0.1, -0.05) is 36.4 Å². The molecule has 0 aliphatic heterocycles. The van der Waals surface area contributed by atoms with Crippen molar-refractivity contribution in [2.45, 2.75) is 6.92 Å². The van der Waals surface area contributed by atoms with Crippen LogP contribution in [0.3, 0.4) is 0 Å². The van der Waals surface area contributed by atoms with Gasteiger partial charge in [0.2, 0.25) is 0 Å². The van der Waals surface area contributed by atoms with Crippen LogP contribution in [-0.4, -0.2) is 10.9 Å². The first-order valence-electron chi connectivity index (χ1n) is 7.87. The number of pyridine rings is 1. The molecular weight excluding hydrogens is 296 g/mol. The number of nitrogens with zero attached hydrogens (tertiary/aromatic N) is 1. The minimum Gasteiger partial charge on any atom is -0.321 e. The van der Waals surface area contributed by atoms with Gasteiger partial charge in [-0.25, -0.2) is 0 Å². The molecule has 0 atom stereocenters. The average molecular weight is 312 g/mol. The van der Waals surface area contributed by atoms with Gasteiger partial charge in [0, 0.05) is 16.6 Å². The molecule has 1 aromatic heterocycles. The van der Waals surface area contributed by atoms with E-state index < -0.39 is 0 Å². The van der Waals surface area contributed by atoms with E-state index in [1.807, 2.05) is 79.7 Å². The lowest BCUT2D eigenvalue weighted by Crippen LogP contribution is -2.12. The molecule has 0 aliphatic rings. The topological polar surface area (TPSA) is 42.0 Å². The lowest BCUT2D eigenvalue weighted by molar-refractivity contribution is 0.102. The highest BCUT2D eigenvalue weighted by atomic mass is 16.1. The van der Waals surface area contributed by atoms with Gasteiger partial charge in [-0.2, -0.15) is 0 Å². The second kappa shape index (κ2) is 5.78. The van der Waals surface area contributed by atoms with Crippen molar-refractivity contribution in [3.63, 3.8) is 0 Å². The van der Waals surface area contributed by atoms with Gasteiger partial charge in [0.15, 0.2) is 0 Å². The highest BCUT2D eigenvalue weighted by Crippen LogP contribution is 2.23. The predicted octanol–water partition coefficient (Wildman–Crippen LogP) is 4.95. The van der Waals surface area contributed by atoms with E-state index in [0.29, 0.717) is 5.56 Å². The maximum Gasteiger partial charge on any atom is 0.255 e. The third-order valence-electron chi connectivity index (χ3n) is 4.13. The molecule has 3 nitrogen and oxygen atoms in total. The molecule has 0 aliphatic carbocycles. The van der Waals surface area contributed by atoms with Gasteiger partial charge >= 0.3 is 0 Å². The number of carbonyl (C=O) groups excluding carboxylic acids is 1. The molecule has 24 heavy (non-hydrogen) atoms. The van der Waals surface area contributed by atoms with Crippen LogP contribution in [0.4, 0.5) is 5.69 Å². The van der Waals surface area contributed by atoms with E-state index in [1.165, 1.54) is 0 Å². The van der Waals surface area contributed by atoms with Gasteiger partial charge in [-0.3, -0.25) is 9.78 Å². The summed E-state index contributed by atoms with van der Waals surface area (Å²) in [6.07, 6.45) is 0. The number of fused-ring (bicyclic) bond motifs is 2. The summed E-state index contributed by atoms with van der Waals surface area (Å²) in [5.41, 5.74) is 3.26. The SMILES string of the molecule is Cc1ccc2c(NC(=O)c3ccc4ccccc4c3)cccc2n1. The maximum absolute atomic E-state index is 12.6. The van der Waals surface area contributed by atoms with E-state index in [-0.39, 0.29) is 5.91 Å². The van der Waals surface area contributed by atoms with Crippen LogP contribution in [0.2, 0.25) is 0 Å². The van der Waals surface area contributed by atoms with Crippen molar-refractivity contribution in [3.05, 3.63) is 84.1 Å². The quantitative estimate of drug-likeness (QED) is 0.569. The molecule has 0 saturated carbocycles. The largest absolute Gasteiger partial charge is 0.321 e. The Kier molecular flexibility index (Phi) is 3.47. The van der Waals surface area contributed by atoms with Crippen molar-refractivity contribution in [2.75, 3.05) is 5.32 Å². The minimum absolute atomic E-state index is 0.117. The fraction of sp³-hybridized carbons (Fsp3) is 0.0476. The number of carbonyl (C=O) groups is 1. The smallest absolute Gasteiger partial charge is 0.255 e. The third kappa shape index (κ3) is 2.61. The Hall–Kier alpha value is -3.20. The highest BCUT2D eigenvalue weighted by molar-refractivity contribution is 6.10. The number of anilines is 1. The monoisotopic (exact) mass is 312 g/mol. The summed E-state index contributed by atoms with van der Waals surface area (Å²) in [7, 11) is 0. The minimum atomic E-state index is -0.117. The molecule has 4 rings (SSSR count). The molecule has 4 aromatic rings. The Morgan fingerprint density at radius 3 is 2.58 bits per heavy atom. The normalized spacial score (nSPS) is 10.9. The predicted molar refractivity (Wildman–Crippen MR) is 98.4 cm³/mol. The van der Waals surface area contributed by atoms with Crippen molar-refractivity contribution in [1.82, 2.24) is 4.98 Å². The fourth-order valence-corrected chi connectivity index (χ4v) is 2.89. The zero-order chi connectivity index (χ0) is 16.5. The van der Waals surface area contributed by atoms with Crippen LogP contribution in [0.15, 0.2) is 72.8 Å². The highest BCUT2D eigenvalue weighted by Gasteiger charge is 2.09. The van der Waals surface area contributed by atoms with Crippen LogP contribution in [0.1, 0.15) is 16.1 Å². The number of amides is 1. The van der Waals surface area contributed by atoms with E-state index in [2.05, 4.69) is 10.3 Å². The number of aromatic nitrogens is 1. The van der Waals surface area contributed by atoms with Crippen molar-refractivity contribution in [2.24, 2.45) is 0 Å². The molecule has 0 unspecified atom stereocenters.